The van der Waals surface area contributed by atoms with Crippen molar-refractivity contribution in [2.24, 2.45) is 16.2 Å². The number of fused-ring (bicyclic) bond motifs is 2. The van der Waals surface area contributed by atoms with Gasteiger partial charge in [0.05, 0.1) is 35.7 Å². The highest BCUT2D eigenvalue weighted by Crippen LogP contribution is 2.72. The molecule has 6 heterocycles. The lowest BCUT2D eigenvalue weighted by Crippen LogP contribution is -2.64. The molecule has 6 aromatic rings. The van der Waals surface area contributed by atoms with E-state index in [-0.39, 0.29) is 34.1 Å². The summed E-state index contributed by atoms with van der Waals surface area (Å²) >= 11 is 1.59. The van der Waals surface area contributed by atoms with Crippen LogP contribution in [0.25, 0.3) is 21.3 Å². The third-order valence-electron chi connectivity index (χ3n) is 15.3. The summed E-state index contributed by atoms with van der Waals surface area (Å²) in [5.74, 6) is 2.29. The number of esters is 1. The number of benzene rings is 2. The minimum Gasteiger partial charge on any atom is -0.497 e. The summed E-state index contributed by atoms with van der Waals surface area (Å²) in [6.07, 6.45) is 13.2. The van der Waals surface area contributed by atoms with Crippen LogP contribution in [0.4, 0.5) is 22.6 Å². The lowest BCUT2D eigenvalue weighted by atomic mass is 9.39. The van der Waals surface area contributed by atoms with E-state index < -0.39 is 5.97 Å². The molecule has 1 saturated heterocycles. The van der Waals surface area contributed by atoms with Crippen LogP contribution in [0.1, 0.15) is 105 Å². The molecule has 4 saturated carbocycles. The Morgan fingerprint density at radius 3 is 2.41 bits per heavy atom. The van der Waals surface area contributed by atoms with Gasteiger partial charge in [-0.15, -0.1) is 10.2 Å². The molecule has 5 fully saturated rings. The quantitative estimate of drug-likeness (QED) is 0.104. The molecule has 14 heteroatoms. The number of aromatic nitrogens is 6. The molecule has 12 rings (SSSR count). The van der Waals surface area contributed by atoms with Crippen molar-refractivity contribution < 1.29 is 19.0 Å². The highest BCUT2D eigenvalue weighted by atomic mass is 32.1. The Kier molecular flexibility index (Phi) is 10.9. The maximum Gasteiger partial charge on any atom is 0.358 e. The number of nitrogens with zero attached hydrogens (tertiary/aromatic N) is 8. The number of thiazole rings is 1. The third-order valence-corrected chi connectivity index (χ3v) is 16.3. The van der Waals surface area contributed by atoms with E-state index in [2.05, 4.69) is 58.7 Å². The molecule has 0 radical (unpaired) electrons. The molecule has 4 bridgehead atoms. The van der Waals surface area contributed by atoms with E-state index in [1.54, 1.807) is 18.4 Å². The summed E-state index contributed by atoms with van der Waals surface area (Å²) < 4.78 is 21.8. The second-order valence-electron chi connectivity index (χ2n) is 20.9. The normalized spacial score (nSPS) is 25.7. The molecule has 6 aliphatic rings. The van der Waals surface area contributed by atoms with Gasteiger partial charge >= 0.3 is 5.97 Å². The average Bonchev–Trinajstić information content (AvgIpc) is 4.05. The van der Waals surface area contributed by atoms with Gasteiger partial charge in [-0.1, -0.05) is 49.4 Å². The van der Waals surface area contributed by atoms with Crippen molar-refractivity contribution in [3.63, 3.8) is 0 Å². The van der Waals surface area contributed by atoms with Gasteiger partial charge in [-0.25, -0.2) is 14.8 Å². The van der Waals surface area contributed by atoms with Crippen molar-refractivity contribution >= 4 is 50.1 Å². The summed E-state index contributed by atoms with van der Waals surface area (Å²) in [5.41, 5.74) is 7.22. The van der Waals surface area contributed by atoms with Crippen molar-refractivity contribution in [3.05, 3.63) is 94.9 Å². The Hall–Kier alpha value is -5.44. The number of para-hydroxylation sites is 1. The second-order valence-corrected chi connectivity index (χ2v) is 21.9. The molecule has 344 valence electrons. The van der Waals surface area contributed by atoms with Crippen molar-refractivity contribution in [1.29, 1.82) is 0 Å². The van der Waals surface area contributed by atoms with Gasteiger partial charge in [0.15, 0.2) is 22.5 Å². The van der Waals surface area contributed by atoms with Gasteiger partial charge in [0.1, 0.15) is 18.2 Å². The highest BCUT2D eigenvalue weighted by Gasteiger charge is 2.66. The average molecular weight is 908 g/mol. The van der Waals surface area contributed by atoms with E-state index in [0.717, 1.165) is 107 Å². The van der Waals surface area contributed by atoms with Crippen LogP contribution < -0.4 is 15.0 Å². The highest BCUT2D eigenvalue weighted by molar-refractivity contribution is 7.22. The summed E-state index contributed by atoms with van der Waals surface area (Å²) in [5, 5.41) is 18.8. The van der Waals surface area contributed by atoms with Crippen LogP contribution in [-0.4, -0.2) is 86.3 Å². The summed E-state index contributed by atoms with van der Waals surface area (Å²) in [7, 11) is 1.64. The minimum atomic E-state index is -0.500. The molecule has 0 unspecified atom stereocenters. The molecule has 2 aliphatic heterocycles. The number of hydrogen-bond acceptors (Lipinski definition) is 13. The van der Waals surface area contributed by atoms with E-state index >= 15 is 0 Å². The number of hydrogen-bond donors (Lipinski definition) is 1. The predicted molar refractivity (Wildman–Crippen MR) is 258 cm³/mol. The van der Waals surface area contributed by atoms with E-state index in [9.17, 15) is 4.79 Å². The third kappa shape index (κ3) is 8.12. The predicted octanol–water partition coefficient (Wildman–Crippen LogP) is 10.4. The SMILES string of the molecule is COc1ccc(COC(=O)c2nc(N3CCCc4c3nnc(Nc3nc5ccccc5s3)c4C)ccc2-c2cnn(C[C@]34C[C@]5(C)C[C@](C)(C3)C[C@@](OCCN3CCCC3)(C5)C4)c2C)cc1. The fraction of sp³-hybridized carbons (Fsp3) is 0.500. The molecular formula is C52H61N9O4S. The van der Waals surface area contributed by atoms with E-state index in [1.165, 1.54) is 45.2 Å². The van der Waals surface area contributed by atoms with Gasteiger partial charge in [0.2, 0.25) is 0 Å². The minimum absolute atomic E-state index is 0.0762. The monoisotopic (exact) mass is 907 g/mol. The Labute approximate surface area is 391 Å². The number of carbonyl (C=O) groups is 1. The van der Waals surface area contributed by atoms with Crippen molar-refractivity contribution in [1.82, 2.24) is 34.8 Å². The summed E-state index contributed by atoms with van der Waals surface area (Å²) in [6.45, 7) is 15.1. The van der Waals surface area contributed by atoms with Crippen LogP contribution in [0.3, 0.4) is 0 Å². The van der Waals surface area contributed by atoms with Crippen LogP contribution >= 0.6 is 11.3 Å². The first-order valence-corrected chi connectivity index (χ1v) is 24.7. The second kappa shape index (κ2) is 16.7. The molecule has 4 atom stereocenters. The first kappa shape index (κ1) is 43.1. The number of methoxy groups -OCH3 is 1. The topological polar surface area (TPSA) is 133 Å². The van der Waals surface area contributed by atoms with Gasteiger partial charge in [0.25, 0.3) is 0 Å². The lowest BCUT2D eigenvalue weighted by molar-refractivity contribution is -0.248. The molecule has 4 aliphatic carbocycles. The zero-order chi connectivity index (χ0) is 45.3. The number of anilines is 4. The van der Waals surface area contributed by atoms with Crippen molar-refractivity contribution in [3.8, 4) is 16.9 Å². The number of nitrogens with one attached hydrogen (secondary N) is 1. The van der Waals surface area contributed by atoms with Crippen LogP contribution in [0.2, 0.25) is 0 Å². The van der Waals surface area contributed by atoms with Crippen LogP contribution in [0.15, 0.2) is 66.9 Å². The Balaban J connectivity index is 0.894. The maximum atomic E-state index is 14.4. The number of ether oxygens (including phenoxy) is 3. The van der Waals surface area contributed by atoms with E-state index in [4.69, 9.17) is 34.4 Å². The van der Waals surface area contributed by atoms with Gasteiger partial charge in [-0.2, -0.15) is 5.10 Å². The largest absolute Gasteiger partial charge is 0.497 e. The zero-order valence-corrected chi connectivity index (χ0v) is 39.8. The molecule has 0 spiro atoms. The van der Waals surface area contributed by atoms with Crippen LogP contribution in [-0.2, 0) is 29.0 Å². The fourth-order valence-corrected chi connectivity index (χ4v) is 14.5. The Morgan fingerprint density at radius 2 is 1.64 bits per heavy atom. The maximum absolute atomic E-state index is 14.4. The van der Waals surface area contributed by atoms with Crippen LogP contribution in [0, 0.1) is 30.1 Å². The first-order chi connectivity index (χ1) is 31.9. The van der Waals surface area contributed by atoms with Gasteiger partial charge in [-0.05, 0) is 149 Å². The zero-order valence-electron chi connectivity index (χ0n) is 39.0. The lowest BCUT2D eigenvalue weighted by Gasteiger charge is -2.69. The Bertz CT molecular complexity index is 2750. The van der Waals surface area contributed by atoms with Crippen LogP contribution in [0.5, 0.6) is 5.75 Å². The van der Waals surface area contributed by atoms with Gasteiger partial charge < -0.3 is 29.3 Å². The smallest absolute Gasteiger partial charge is 0.358 e. The van der Waals surface area contributed by atoms with E-state index in [1.807, 2.05) is 60.8 Å². The number of rotatable bonds is 14. The van der Waals surface area contributed by atoms with Crippen molar-refractivity contribution in [2.75, 3.05) is 50.1 Å². The van der Waals surface area contributed by atoms with Gasteiger partial charge in [0, 0.05) is 47.6 Å². The first-order valence-electron chi connectivity index (χ1n) is 23.9. The summed E-state index contributed by atoms with van der Waals surface area (Å²) in [4.78, 5) is 29.0. The van der Waals surface area contributed by atoms with Gasteiger partial charge in [-0.3, -0.25) is 4.68 Å². The molecule has 1 N–H and O–H groups in total. The molecule has 2 aromatic carbocycles. The van der Waals surface area contributed by atoms with Crippen molar-refractivity contribution in [2.45, 2.75) is 111 Å². The standard InChI is InChI=1S/C52H61N9O4S/c1-34-38-11-10-22-60(46(38)58-57-45(34)56-48-54-41-12-6-7-13-42(41)66-48)43-19-18-39(44(55-43)47(62)64-26-36-14-16-37(63-5)17-15-36)40-25-53-61(35(40)2)33-51-28-49(3)27-50(4,29-51)31-52(30-49,32-51)65-24-23-59-20-8-9-21-59/h6-7,12-19,25H,8-11,20-24,26-33H2,1-5H3,(H,54,56,57)/t49-,50+,51+,52-. The molecule has 0 amide bonds. The number of pyridine rings is 1. The molecule has 66 heavy (non-hydrogen) atoms. The molecule has 4 aromatic heterocycles. The Morgan fingerprint density at radius 1 is 0.848 bits per heavy atom. The summed E-state index contributed by atoms with van der Waals surface area (Å²) in [6, 6.07) is 19.7. The van der Waals surface area contributed by atoms with E-state index in [0.29, 0.717) is 23.7 Å². The number of likely N-dealkylation sites (tertiary alicyclic amines) is 1. The molecule has 13 nitrogen and oxygen atoms in total. The fourth-order valence-electron chi connectivity index (χ4n) is 13.6. The molecular weight excluding hydrogens is 847 g/mol. The number of carbonyl (C=O) groups excluding carboxylic acids is 1.